The van der Waals surface area contributed by atoms with Crippen molar-refractivity contribution in [3.63, 3.8) is 0 Å². The fourth-order valence-electron chi connectivity index (χ4n) is 1.82. The van der Waals surface area contributed by atoms with Crippen molar-refractivity contribution < 1.29 is 9.53 Å². The van der Waals surface area contributed by atoms with Gasteiger partial charge < -0.3 is 10.5 Å². The van der Waals surface area contributed by atoms with E-state index in [0.29, 0.717) is 0 Å². The number of aryl methyl sites for hydroxylation is 1. The van der Waals surface area contributed by atoms with E-state index in [0.717, 1.165) is 33.7 Å². The number of hydrogen-bond acceptors (Lipinski definition) is 4. The smallest absolute Gasteiger partial charge is 0.227 e. The summed E-state index contributed by atoms with van der Waals surface area (Å²) in [6, 6.07) is 7.90. The van der Waals surface area contributed by atoms with Gasteiger partial charge in [0.2, 0.25) is 5.91 Å². The Hall–Kier alpha value is -1.75. The molecule has 2 N–H and O–H groups in total. The van der Waals surface area contributed by atoms with E-state index in [9.17, 15) is 4.79 Å². The van der Waals surface area contributed by atoms with Gasteiger partial charge in [-0.2, -0.15) is 0 Å². The maximum absolute atomic E-state index is 10.9. The molecule has 100 valence electrons. The van der Waals surface area contributed by atoms with Gasteiger partial charge in [-0.1, -0.05) is 18.7 Å². The van der Waals surface area contributed by atoms with Gasteiger partial charge in [0.1, 0.15) is 10.8 Å². The van der Waals surface area contributed by atoms with Crippen LogP contribution in [0.1, 0.15) is 12.5 Å². The average molecular weight is 276 g/mol. The molecule has 0 spiro atoms. The lowest BCUT2D eigenvalue weighted by molar-refractivity contribution is -0.115. The minimum absolute atomic E-state index is 0.246. The summed E-state index contributed by atoms with van der Waals surface area (Å²) >= 11 is 1.38. The Morgan fingerprint density at radius 3 is 2.84 bits per heavy atom. The molecule has 0 unspecified atom stereocenters. The molecular weight excluding hydrogens is 260 g/mol. The molecule has 0 saturated heterocycles. The van der Waals surface area contributed by atoms with Gasteiger partial charge in [-0.25, -0.2) is 4.98 Å². The zero-order valence-electron chi connectivity index (χ0n) is 11.0. The molecule has 0 aliphatic rings. The molecule has 0 bridgehead atoms. The zero-order valence-corrected chi connectivity index (χ0v) is 11.8. The third-order valence-corrected chi connectivity index (χ3v) is 3.85. The van der Waals surface area contributed by atoms with Crippen molar-refractivity contribution in [3.8, 4) is 5.75 Å². The molecule has 1 amide bonds. The van der Waals surface area contributed by atoms with Gasteiger partial charge in [-0.3, -0.25) is 4.79 Å². The minimum Gasteiger partial charge on any atom is -0.497 e. The van der Waals surface area contributed by atoms with Crippen molar-refractivity contribution in [2.75, 3.05) is 12.9 Å². The van der Waals surface area contributed by atoms with Gasteiger partial charge in [-0.15, -0.1) is 0 Å². The van der Waals surface area contributed by atoms with E-state index in [-0.39, 0.29) is 11.7 Å². The number of pyridine rings is 1. The number of hydrogen-bond donors (Lipinski definition) is 1. The molecule has 1 aromatic heterocycles. The molecule has 0 atom stereocenters. The van der Waals surface area contributed by atoms with E-state index in [4.69, 9.17) is 10.5 Å². The summed E-state index contributed by atoms with van der Waals surface area (Å²) in [5.41, 5.74) is 7.18. The average Bonchev–Trinajstić information content (AvgIpc) is 2.43. The summed E-state index contributed by atoms with van der Waals surface area (Å²) in [5.74, 6) is 0.685. The molecule has 4 nitrogen and oxygen atoms in total. The maximum atomic E-state index is 10.9. The summed E-state index contributed by atoms with van der Waals surface area (Å²) in [4.78, 5) is 15.5. The number of thioether (sulfide) groups is 1. The van der Waals surface area contributed by atoms with Gasteiger partial charge in [0.25, 0.3) is 0 Å². The molecular formula is C14H16N2O2S. The van der Waals surface area contributed by atoms with Crippen LogP contribution in [-0.2, 0) is 11.2 Å². The molecule has 0 radical (unpaired) electrons. The van der Waals surface area contributed by atoms with Crippen LogP contribution >= 0.6 is 11.8 Å². The fourth-order valence-corrected chi connectivity index (χ4v) is 2.65. The SMILES string of the molecule is CCc1cc2ccc(OC)cc2nc1SCC(N)=O. The van der Waals surface area contributed by atoms with E-state index >= 15 is 0 Å². The number of ether oxygens (including phenoxy) is 1. The van der Waals surface area contributed by atoms with Crippen molar-refractivity contribution >= 4 is 28.6 Å². The highest BCUT2D eigenvalue weighted by molar-refractivity contribution is 7.99. The number of amides is 1. The first-order valence-electron chi connectivity index (χ1n) is 6.02. The lowest BCUT2D eigenvalue weighted by atomic mass is 10.1. The van der Waals surface area contributed by atoms with Crippen molar-refractivity contribution in [1.29, 1.82) is 0 Å². The first-order chi connectivity index (χ1) is 9.13. The number of nitrogens with zero attached hydrogens (tertiary/aromatic N) is 1. The monoisotopic (exact) mass is 276 g/mol. The van der Waals surface area contributed by atoms with E-state index in [1.807, 2.05) is 18.2 Å². The van der Waals surface area contributed by atoms with Crippen molar-refractivity contribution in [3.05, 3.63) is 29.8 Å². The molecule has 2 aromatic rings. The van der Waals surface area contributed by atoms with Crippen LogP contribution in [0.25, 0.3) is 10.9 Å². The second-order valence-electron chi connectivity index (χ2n) is 4.12. The largest absolute Gasteiger partial charge is 0.497 e. The van der Waals surface area contributed by atoms with Crippen LogP contribution in [0.4, 0.5) is 0 Å². The number of nitrogens with two attached hydrogens (primary N) is 1. The molecule has 1 aromatic carbocycles. The minimum atomic E-state index is -0.334. The predicted octanol–water partition coefficient (Wildman–Crippen LogP) is 2.38. The van der Waals surface area contributed by atoms with E-state index in [1.165, 1.54) is 11.8 Å². The van der Waals surface area contributed by atoms with Gasteiger partial charge in [-0.05, 0) is 30.2 Å². The topological polar surface area (TPSA) is 65.2 Å². The highest BCUT2D eigenvalue weighted by atomic mass is 32.2. The Bertz CT molecular complexity index is 614. The van der Waals surface area contributed by atoms with Crippen LogP contribution < -0.4 is 10.5 Å². The Morgan fingerprint density at radius 1 is 1.42 bits per heavy atom. The molecule has 0 fully saturated rings. The molecule has 5 heteroatoms. The molecule has 19 heavy (non-hydrogen) atoms. The summed E-state index contributed by atoms with van der Waals surface area (Å²) in [6.45, 7) is 2.07. The molecule has 0 aliphatic carbocycles. The number of carbonyl (C=O) groups is 1. The number of methoxy groups -OCH3 is 1. The van der Waals surface area contributed by atoms with E-state index in [2.05, 4.69) is 18.0 Å². The number of carbonyl (C=O) groups excluding carboxylic acids is 1. The number of rotatable bonds is 5. The van der Waals surface area contributed by atoms with E-state index in [1.54, 1.807) is 7.11 Å². The van der Waals surface area contributed by atoms with Crippen molar-refractivity contribution in [2.45, 2.75) is 18.4 Å². The summed E-state index contributed by atoms with van der Waals surface area (Å²) < 4.78 is 5.20. The Labute approximate surface area is 116 Å². The first kappa shape index (κ1) is 13.7. The van der Waals surface area contributed by atoms with Crippen LogP contribution in [-0.4, -0.2) is 23.8 Å². The highest BCUT2D eigenvalue weighted by Gasteiger charge is 2.08. The lowest BCUT2D eigenvalue weighted by Gasteiger charge is -2.09. The van der Waals surface area contributed by atoms with Gasteiger partial charge in [0.05, 0.1) is 18.4 Å². The van der Waals surface area contributed by atoms with Gasteiger partial charge in [0.15, 0.2) is 0 Å². The first-order valence-corrected chi connectivity index (χ1v) is 7.01. The maximum Gasteiger partial charge on any atom is 0.227 e. The predicted molar refractivity (Wildman–Crippen MR) is 77.6 cm³/mol. The normalized spacial score (nSPS) is 10.6. The lowest BCUT2D eigenvalue weighted by Crippen LogP contribution is -2.13. The molecule has 2 rings (SSSR count). The van der Waals surface area contributed by atoms with Gasteiger partial charge in [0, 0.05) is 11.5 Å². The summed E-state index contributed by atoms with van der Waals surface area (Å²) in [5, 5.41) is 1.93. The Balaban J connectivity index is 2.45. The van der Waals surface area contributed by atoms with E-state index < -0.39 is 0 Å². The number of fused-ring (bicyclic) bond motifs is 1. The molecule has 0 saturated carbocycles. The quantitative estimate of drug-likeness (QED) is 0.852. The third-order valence-electron chi connectivity index (χ3n) is 2.80. The molecule has 0 aliphatic heterocycles. The second kappa shape index (κ2) is 5.93. The van der Waals surface area contributed by atoms with Crippen LogP contribution in [0, 0.1) is 0 Å². The summed E-state index contributed by atoms with van der Waals surface area (Å²) in [6.07, 6.45) is 0.871. The Kier molecular flexibility index (Phi) is 4.27. The van der Waals surface area contributed by atoms with Crippen LogP contribution in [0.15, 0.2) is 29.3 Å². The number of aromatic nitrogens is 1. The van der Waals surface area contributed by atoms with Gasteiger partial charge >= 0.3 is 0 Å². The highest BCUT2D eigenvalue weighted by Crippen LogP contribution is 2.27. The second-order valence-corrected chi connectivity index (χ2v) is 5.08. The van der Waals surface area contributed by atoms with Crippen LogP contribution in [0.5, 0.6) is 5.75 Å². The molecule has 1 heterocycles. The van der Waals surface area contributed by atoms with Crippen molar-refractivity contribution in [1.82, 2.24) is 4.98 Å². The number of primary amides is 1. The Morgan fingerprint density at radius 2 is 2.21 bits per heavy atom. The summed E-state index contributed by atoms with van der Waals surface area (Å²) in [7, 11) is 1.63. The standard InChI is InChI=1S/C14H16N2O2S/c1-3-9-6-10-4-5-11(18-2)7-12(10)16-14(9)19-8-13(15)17/h4-7H,3,8H2,1-2H3,(H2,15,17). The van der Waals surface area contributed by atoms with Crippen LogP contribution in [0.2, 0.25) is 0 Å². The number of benzene rings is 1. The zero-order chi connectivity index (χ0) is 13.8. The fraction of sp³-hybridized carbons (Fsp3) is 0.286. The van der Waals surface area contributed by atoms with Crippen LogP contribution in [0.3, 0.4) is 0 Å². The third kappa shape index (κ3) is 3.17. The van der Waals surface area contributed by atoms with Crippen molar-refractivity contribution in [2.24, 2.45) is 5.73 Å².